The average molecular weight is 522 g/mol. The van der Waals surface area contributed by atoms with Crippen molar-refractivity contribution in [2.24, 2.45) is 0 Å². The zero-order valence-electron chi connectivity index (χ0n) is 21.0. The molecule has 0 fully saturated rings. The smallest absolute Gasteiger partial charge is 0.242 e. The van der Waals surface area contributed by atoms with E-state index in [1.165, 1.54) is 4.31 Å². The number of nitrogens with zero attached hydrogens (tertiary/aromatic N) is 2. The third-order valence-corrected chi connectivity index (χ3v) is 7.23. The number of sulfonamides is 1. The van der Waals surface area contributed by atoms with Gasteiger partial charge in [-0.15, -0.1) is 0 Å². The molecule has 0 heterocycles. The highest BCUT2D eigenvalue weighted by molar-refractivity contribution is 7.92. The van der Waals surface area contributed by atoms with Crippen molar-refractivity contribution < 1.29 is 18.0 Å². The highest BCUT2D eigenvalue weighted by atomic mass is 35.5. The summed E-state index contributed by atoms with van der Waals surface area (Å²) in [4.78, 5) is 27.6. The van der Waals surface area contributed by atoms with Gasteiger partial charge in [-0.3, -0.25) is 13.9 Å². The number of carbonyl (C=O) groups excluding carboxylic acids is 2. The van der Waals surface area contributed by atoms with Crippen LogP contribution < -0.4 is 9.62 Å². The fourth-order valence-corrected chi connectivity index (χ4v) is 5.20. The summed E-state index contributed by atoms with van der Waals surface area (Å²) in [5.74, 6) is -0.348. The molecule has 2 aromatic carbocycles. The monoisotopic (exact) mass is 521 g/mol. The number of likely N-dealkylation sites (N-methyl/N-ethyl adjacent to an activating group) is 1. The number of amides is 2. The number of rotatable bonds is 13. The van der Waals surface area contributed by atoms with Crippen molar-refractivity contribution in [1.29, 1.82) is 0 Å². The van der Waals surface area contributed by atoms with Crippen molar-refractivity contribution >= 4 is 39.1 Å². The van der Waals surface area contributed by atoms with Crippen LogP contribution >= 0.6 is 11.6 Å². The van der Waals surface area contributed by atoms with Crippen molar-refractivity contribution in [3.63, 3.8) is 0 Å². The van der Waals surface area contributed by atoms with E-state index in [4.69, 9.17) is 11.6 Å². The van der Waals surface area contributed by atoms with Gasteiger partial charge >= 0.3 is 0 Å². The molecule has 0 saturated heterocycles. The molecule has 0 aliphatic carbocycles. The lowest BCUT2D eigenvalue weighted by atomic mass is 10.1. The SMILES string of the molecule is CCNC(=O)[C@@H](CC)N(CCc1ccccc1)C(=O)CCCN(c1cc(Cl)ccc1C)S(C)(=O)=O. The maximum absolute atomic E-state index is 13.3. The summed E-state index contributed by atoms with van der Waals surface area (Å²) in [6.45, 7) is 6.57. The molecular formula is C26H36ClN3O4S. The molecule has 0 spiro atoms. The van der Waals surface area contributed by atoms with Crippen LogP contribution in [-0.4, -0.2) is 57.1 Å². The molecule has 9 heteroatoms. The topological polar surface area (TPSA) is 86.8 Å². The van der Waals surface area contributed by atoms with Crippen LogP contribution in [0.2, 0.25) is 5.02 Å². The lowest BCUT2D eigenvalue weighted by molar-refractivity contribution is -0.140. The van der Waals surface area contributed by atoms with E-state index >= 15 is 0 Å². The van der Waals surface area contributed by atoms with E-state index in [-0.39, 0.29) is 24.8 Å². The van der Waals surface area contributed by atoms with Gasteiger partial charge in [0, 0.05) is 31.1 Å². The molecule has 0 radical (unpaired) electrons. The second-order valence-electron chi connectivity index (χ2n) is 8.51. The van der Waals surface area contributed by atoms with Crippen molar-refractivity contribution in [3.8, 4) is 0 Å². The maximum atomic E-state index is 13.3. The summed E-state index contributed by atoms with van der Waals surface area (Å²) in [6, 6.07) is 14.3. The van der Waals surface area contributed by atoms with Crippen molar-refractivity contribution in [1.82, 2.24) is 10.2 Å². The normalized spacial score (nSPS) is 12.1. The first-order valence-electron chi connectivity index (χ1n) is 11.9. The van der Waals surface area contributed by atoms with Gasteiger partial charge in [-0.25, -0.2) is 8.42 Å². The lowest BCUT2D eigenvalue weighted by Crippen LogP contribution is -2.50. The molecule has 0 saturated carbocycles. The van der Waals surface area contributed by atoms with Crippen LogP contribution in [0.3, 0.4) is 0 Å². The lowest BCUT2D eigenvalue weighted by Gasteiger charge is -2.31. The molecule has 7 nitrogen and oxygen atoms in total. The fourth-order valence-electron chi connectivity index (χ4n) is 4.02. The van der Waals surface area contributed by atoms with Crippen LogP contribution in [-0.2, 0) is 26.0 Å². The predicted octanol–water partition coefficient (Wildman–Crippen LogP) is 4.18. The number of hydrogen-bond donors (Lipinski definition) is 1. The Morgan fingerprint density at radius 2 is 1.74 bits per heavy atom. The van der Waals surface area contributed by atoms with Crippen LogP contribution in [0.25, 0.3) is 0 Å². The highest BCUT2D eigenvalue weighted by Gasteiger charge is 2.28. The number of carbonyl (C=O) groups is 2. The molecule has 0 bridgehead atoms. The molecule has 1 N–H and O–H groups in total. The average Bonchev–Trinajstić information content (AvgIpc) is 2.81. The van der Waals surface area contributed by atoms with Gasteiger partial charge in [0.05, 0.1) is 11.9 Å². The van der Waals surface area contributed by atoms with E-state index < -0.39 is 16.1 Å². The van der Waals surface area contributed by atoms with E-state index in [0.717, 1.165) is 17.4 Å². The largest absolute Gasteiger partial charge is 0.355 e. The van der Waals surface area contributed by atoms with Crippen LogP contribution in [0.5, 0.6) is 0 Å². The Hall–Kier alpha value is -2.58. The third-order valence-electron chi connectivity index (χ3n) is 5.81. The van der Waals surface area contributed by atoms with Crippen LogP contribution in [0, 0.1) is 6.92 Å². The molecular weight excluding hydrogens is 486 g/mol. The van der Waals surface area contributed by atoms with Gasteiger partial charge in [0.2, 0.25) is 21.8 Å². The Balaban J connectivity index is 2.17. The van der Waals surface area contributed by atoms with E-state index in [1.54, 1.807) is 23.1 Å². The summed E-state index contributed by atoms with van der Waals surface area (Å²) in [5, 5.41) is 3.26. The minimum atomic E-state index is -3.58. The van der Waals surface area contributed by atoms with E-state index in [9.17, 15) is 18.0 Å². The number of hydrogen-bond acceptors (Lipinski definition) is 4. The molecule has 0 unspecified atom stereocenters. The Morgan fingerprint density at radius 1 is 1.06 bits per heavy atom. The number of benzene rings is 2. The fraction of sp³-hybridized carbons (Fsp3) is 0.462. The maximum Gasteiger partial charge on any atom is 0.242 e. The van der Waals surface area contributed by atoms with Crippen molar-refractivity contribution in [2.75, 3.05) is 30.2 Å². The minimum Gasteiger partial charge on any atom is -0.355 e. The van der Waals surface area contributed by atoms with Crippen molar-refractivity contribution in [3.05, 3.63) is 64.7 Å². The highest BCUT2D eigenvalue weighted by Crippen LogP contribution is 2.26. The second-order valence-corrected chi connectivity index (χ2v) is 10.9. The first kappa shape index (κ1) is 28.7. The summed E-state index contributed by atoms with van der Waals surface area (Å²) in [6.07, 6.45) is 2.69. The van der Waals surface area contributed by atoms with Gasteiger partial charge < -0.3 is 10.2 Å². The molecule has 2 rings (SSSR count). The van der Waals surface area contributed by atoms with Crippen LogP contribution in [0.15, 0.2) is 48.5 Å². The molecule has 2 aromatic rings. The zero-order chi connectivity index (χ0) is 26.0. The molecule has 0 aliphatic rings. The molecule has 1 atom stereocenters. The van der Waals surface area contributed by atoms with Gasteiger partial charge in [-0.2, -0.15) is 0 Å². The number of halogens is 1. The molecule has 192 valence electrons. The standard InChI is InChI=1S/C26H36ClN3O4S/c1-5-23(26(32)28-6-2)29(18-16-21-11-8-7-9-12-21)25(31)13-10-17-30(35(4,33)34)24-19-22(27)15-14-20(24)3/h7-9,11-12,14-15,19,23H,5-6,10,13,16-18H2,1-4H3,(H,28,32)/t23-/m1/s1. The van der Waals surface area contributed by atoms with E-state index in [0.29, 0.717) is 43.1 Å². The van der Waals surface area contributed by atoms with Gasteiger partial charge in [0.1, 0.15) is 6.04 Å². The van der Waals surface area contributed by atoms with E-state index in [1.807, 2.05) is 51.1 Å². The Bertz CT molecular complexity index is 1090. The number of nitrogens with one attached hydrogen (secondary N) is 1. The van der Waals surface area contributed by atoms with Gasteiger partial charge in [0.25, 0.3) is 0 Å². The minimum absolute atomic E-state index is 0.121. The zero-order valence-corrected chi connectivity index (χ0v) is 22.5. The second kappa shape index (κ2) is 13.5. The summed E-state index contributed by atoms with van der Waals surface area (Å²) < 4.78 is 26.3. The van der Waals surface area contributed by atoms with E-state index in [2.05, 4.69) is 5.32 Å². The van der Waals surface area contributed by atoms with Crippen molar-refractivity contribution in [2.45, 2.75) is 52.5 Å². The first-order chi connectivity index (χ1) is 16.6. The molecule has 2 amide bonds. The quantitative estimate of drug-likeness (QED) is 0.428. The number of anilines is 1. The van der Waals surface area contributed by atoms with Gasteiger partial charge in [-0.05, 0) is 56.4 Å². The Kier molecular flexibility index (Phi) is 11.0. The molecule has 0 aromatic heterocycles. The van der Waals surface area contributed by atoms with Gasteiger partial charge in [-0.1, -0.05) is 54.9 Å². The molecule has 0 aliphatic heterocycles. The number of aryl methyl sites for hydroxylation is 1. The predicted molar refractivity (Wildman–Crippen MR) is 142 cm³/mol. The Morgan fingerprint density at radius 3 is 2.34 bits per heavy atom. The summed E-state index contributed by atoms with van der Waals surface area (Å²) >= 11 is 6.11. The molecule has 35 heavy (non-hydrogen) atoms. The summed E-state index contributed by atoms with van der Waals surface area (Å²) in [7, 11) is -3.58. The first-order valence-corrected chi connectivity index (χ1v) is 14.2. The summed E-state index contributed by atoms with van der Waals surface area (Å²) in [5.41, 5.74) is 2.36. The van der Waals surface area contributed by atoms with Gasteiger partial charge in [0.15, 0.2) is 0 Å². The van der Waals surface area contributed by atoms with Crippen LogP contribution in [0.4, 0.5) is 5.69 Å². The third kappa shape index (κ3) is 8.54. The van der Waals surface area contributed by atoms with Crippen LogP contribution in [0.1, 0.15) is 44.2 Å². The Labute approximate surface area is 214 Å².